The summed E-state index contributed by atoms with van der Waals surface area (Å²) in [6.45, 7) is 1.99. The quantitative estimate of drug-likeness (QED) is 0.708. The van der Waals surface area contributed by atoms with Gasteiger partial charge in [0, 0.05) is 5.75 Å². The Hall–Kier alpha value is -2.60. The minimum atomic E-state index is -0.0328. The third kappa shape index (κ3) is 4.93. The normalized spacial score (nSPS) is 11.9. The molecule has 0 fully saturated rings. The summed E-state index contributed by atoms with van der Waals surface area (Å²) in [5.41, 5.74) is 3.24. The Balaban J connectivity index is 1.48. The van der Waals surface area contributed by atoms with Gasteiger partial charge in [-0.15, -0.1) is 11.8 Å². The van der Waals surface area contributed by atoms with Gasteiger partial charge in [-0.25, -0.2) is 9.67 Å². The Morgan fingerprint density at radius 2 is 1.92 bits per heavy atom. The van der Waals surface area contributed by atoms with Gasteiger partial charge in [0.1, 0.15) is 12.7 Å². The predicted octanol–water partition coefficient (Wildman–Crippen LogP) is 3.38. The first kappa shape index (κ1) is 17.2. The van der Waals surface area contributed by atoms with Gasteiger partial charge < -0.3 is 5.32 Å². The highest BCUT2D eigenvalue weighted by molar-refractivity contribution is 7.99. The van der Waals surface area contributed by atoms with E-state index in [2.05, 4.69) is 27.5 Å². The molecule has 3 rings (SSSR count). The average Bonchev–Trinajstić information content (AvgIpc) is 3.17. The zero-order valence-corrected chi connectivity index (χ0v) is 14.8. The highest BCUT2D eigenvalue weighted by Gasteiger charge is 2.10. The Bertz CT molecular complexity index is 788. The van der Waals surface area contributed by atoms with Crippen molar-refractivity contribution >= 4 is 17.7 Å². The summed E-state index contributed by atoms with van der Waals surface area (Å²) >= 11 is 1.62. The van der Waals surface area contributed by atoms with Gasteiger partial charge >= 0.3 is 0 Å². The van der Waals surface area contributed by atoms with E-state index < -0.39 is 0 Å². The molecule has 1 amide bonds. The molecule has 5 nitrogen and oxygen atoms in total. The second-order valence-corrected chi connectivity index (χ2v) is 6.68. The third-order valence-electron chi connectivity index (χ3n) is 3.80. The van der Waals surface area contributed by atoms with Crippen molar-refractivity contribution < 1.29 is 4.79 Å². The monoisotopic (exact) mass is 352 g/mol. The molecule has 0 bridgehead atoms. The van der Waals surface area contributed by atoms with Crippen molar-refractivity contribution in [3.63, 3.8) is 0 Å². The zero-order chi connectivity index (χ0) is 17.5. The molecule has 6 heteroatoms. The number of carbonyl (C=O) groups is 1. The number of hydrogen-bond donors (Lipinski definition) is 1. The van der Waals surface area contributed by atoms with Crippen molar-refractivity contribution in [1.82, 2.24) is 20.1 Å². The Morgan fingerprint density at radius 3 is 2.60 bits per heavy atom. The predicted molar refractivity (Wildman–Crippen MR) is 101 cm³/mol. The molecule has 0 aliphatic rings. The number of nitrogens with zero attached hydrogens (tertiary/aromatic N) is 3. The fourth-order valence-electron chi connectivity index (χ4n) is 2.46. The summed E-state index contributed by atoms with van der Waals surface area (Å²) in [7, 11) is 0. The van der Waals surface area contributed by atoms with Crippen molar-refractivity contribution in [1.29, 1.82) is 0 Å². The first-order valence-electron chi connectivity index (χ1n) is 8.08. The standard InChI is InChI=1S/C19H20N4OS/c1-15(17-7-9-18(10-8-17)23-14-20-13-21-23)22-19(24)12-25-11-16-5-3-2-4-6-16/h2-10,13-15H,11-12H2,1H3,(H,22,24). The number of rotatable bonds is 7. The van der Waals surface area contributed by atoms with Crippen LogP contribution in [0, 0.1) is 0 Å². The molecular weight excluding hydrogens is 332 g/mol. The number of hydrogen-bond acceptors (Lipinski definition) is 4. The van der Waals surface area contributed by atoms with Crippen LogP contribution in [-0.4, -0.2) is 26.4 Å². The maximum absolute atomic E-state index is 12.1. The number of aromatic nitrogens is 3. The van der Waals surface area contributed by atoms with E-state index >= 15 is 0 Å². The van der Waals surface area contributed by atoms with E-state index in [1.165, 1.54) is 11.9 Å². The average molecular weight is 352 g/mol. The minimum Gasteiger partial charge on any atom is -0.349 e. The second kappa shape index (κ2) is 8.48. The highest BCUT2D eigenvalue weighted by Crippen LogP contribution is 2.16. The topological polar surface area (TPSA) is 59.8 Å². The van der Waals surface area contributed by atoms with E-state index in [-0.39, 0.29) is 11.9 Å². The van der Waals surface area contributed by atoms with Crippen LogP contribution >= 0.6 is 11.8 Å². The molecule has 0 aliphatic carbocycles. The highest BCUT2D eigenvalue weighted by atomic mass is 32.2. The molecule has 0 saturated carbocycles. The van der Waals surface area contributed by atoms with Gasteiger partial charge in [0.25, 0.3) is 0 Å². The van der Waals surface area contributed by atoms with E-state index in [1.807, 2.05) is 49.4 Å². The SMILES string of the molecule is CC(NC(=O)CSCc1ccccc1)c1ccc(-n2cncn2)cc1. The van der Waals surface area contributed by atoms with Crippen LogP contribution in [0.4, 0.5) is 0 Å². The van der Waals surface area contributed by atoms with Gasteiger partial charge in [0.15, 0.2) is 0 Å². The molecule has 2 aromatic carbocycles. The lowest BCUT2D eigenvalue weighted by atomic mass is 10.1. The number of benzene rings is 2. The van der Waals surface area contributed by atoms with E-state index in [0.29, 0.717) is 5.75 Å². The van der Waals surface area contributed by atoms with Gasteiger partial charge in [-0.3, -0.25) is 4.79 Å². The van der Waals surface area contributed by atoms with Crippen LogP contribution in [0.15, 0.2) is 67.3 Å². The Labute approximate surface area is 151 Å². The lowest BCUT2D eigenvalue weighted by molar-refractivity contribution is -0.119. The van der Waals surface area contributed by atoms with Crippen molar-refractivity contribution in [2.24, 2.45) is 0 Å². The molecular formula is C19H20N4OS. The molecule has 0 saturated heterocycles. The maximum atomic E-state index is 12.1. The molecule has 1 aromatic heterocycles. The molecule has 0 radical (unpaired) electrons. The van der Waals surface area contributed by atoms with E-state index in [1.54, 1.807) is 22.8 Å². The van der Waals surface area contributed by atoms with Crippen LogP contribution in [0.25, 0.3) is 5.69 Å². The molecule has 1 heterocycles. The van der Waals surface area contributed by atoms with E-state index in [4.69, 9.17) is 0 Å². The molecule has 1 N–H and O–H groups in total. The smallest absolute Gasteiger partial charge is 0.230 e. The molecule has 0 aliphatic heterocycles. The zero-order valence-electron chi connectivity index (χ0n) is 14.0. The number of amides is 1. The summed E-state index contributed by atoms with van der Waals surface area (Å²) in [4.78, 5) is 16.1. The van der Waals surface area contributed by atoms with Gasteiger partial charge in [-0.2, -0.15) is 5.10 Å². The van der Waals surface area contributed by atoms with Crippen LogP contribution in [0.5, 0.6) is 0 Å². The van der Waals surface area contributed by atoms with Crippen molar-refractivity contribution in [2.75, 3.05) is 5.75 Å². The van der Waals surface area contributed by atoms with Gasteiger partial charge in [0.05, 0.1) is 17.5 Å². The Morgan fingerprint density at radius 1 is 1.16 bits per heavy atom. The maximum Gasteiger partial charge on any atom is 0.230 e. The molecule has 1 atom stereocenters. The van der Waals surface area contributed by atoms with E-state index in [9.17, 15) is 4.79 Å². The van der Waals surface area contributed by atoms with Crippen LogP contribution in [0.3, 0.4) is 0 Å². The summed E-state index contributed by atoms with van der Waals surface area (Å²) in [5, 5.41) is 7.14. The van der Waals surface area contributed by atoms with Crippen molar-refractivity contribution in [3.8, 4) is 5.69 Å². The molecule has 128 valence electrons. The molecule has 25 heavy (non-hydrogen) atoms. The lowest BCUT2D eigenvalue weighted by Crippen LogP contribution is -2.28. The summed E-state index contributed by atoms with van der Waals surface area (Å²) in [6, 6.07) is 18.1. The van der Waals surface area contributed by atoms with Gasteiger partial charge in [-0.1, -0.05) is 42.5 Å². The van der Waals surface area contributed by atoms with Crippen LogP contribution in [-0.2, 0) is 10.5 Å². The van der Waals surface area contributed by atoms with Crippen LogP contribution < -0.4 is 5.32 Å². The van der Waals surface area contributed by atoms with Gasteiger partial charge in [-0.05, 0) is 30.2 Å². The Kier molecular flexibility index (Phi) is 5.85. The molecule has 1 unspecified atom stereocenters. The lowest BCUT2D eigenvalue weighted by Gasteiger charge is -2.15. The van der Waals surface area contributed by atoms with Crippen LogP contribution in [0.1, 0.15) is 24.1 Å². The van der Waals surface area contributed by atoms with Crippen LogP contribution in [0.2, 0.25) is 0 Å². The largest absolute Gasteiger partial charge is 0.349 e. The summed E-state index contributed by atoms with van der Waals surface area (Å²) < 4.78 is 1.70. The molecule has 3 aromatic rings. The fraction of sp³-hybridized carbons (Fsp3) is 0.211. The van der Waals surface area contributed by atoms with Crippen molar-refractivity contribution in [3.05, 3.63) is 78.4 Å². The number of carbonyl (C=O) groups excluding carboxylic acids is 1. The first-order chi connectivity index (χ1) is 12.2. The second-order valence-electron chi connectivity index (χ2n) is 5.70. The van der Waals surface area contributed by atoms with E-state index in [0.717, 1.165) is 17.0 Å². The first-order valence-corrected chi connectivity index (χ1v) is 9.24. The minimum absolute atomic E-state index is 0.0328. The number of thioether (sulfide) groups is 1. The van der Waals surface area contributed by atoms with Crippen molar-refractivity contribution in [2.45, 2.75) is 18.7 Å². The molecule has 0 spiro atoms. The summed E-state index contributed by atoms with van der Waals surface area (Å²) in [6.07, 6.45) is 3.16. The third-order valence-corrected chi connectivity index (χ3v) is 4.80. The fourth-order valence-corrected chi connectivity index (χ4v) is 3.26. The summed E-state index contributed by atoms with van der Waals surface area (Å²) in [5.74, 6) is 1.35. The van der Waals surface area contributed by atoms with Gasteiger partial charge in [0.2, 0.25) is 5.91 Å². The number of nitrogens with one attached hydrogen (secondary N) is 1.